The molecule has 1 amide bonds. The van der Waals surface area contributed by atoms with Crippen molar-refractivity contribution in [3.63, 3.8) is 0 Å². The molecule has 2 aromatic rings. The van der Waals surface area contributed by atoms with Crippen molar-refractivity contribution in [3.05, 3.63) is 40.5 Å². The van der Waals surface area contributed by atoms with Crippen LogP contribution in [0.2, 0.25) is 5.02 Å². The fraction of sp³-hybridized carbons (Fsp3) is 0.188. The fourth-order valence-electron chi connectivity index (χ4n) is 1.90. The number of aromatic nitrogens is 2. The van der Waals surface area contributed by atoms with Crippen LogP contribution in [0, 0.1) is 0 Å². The zero-order valence-corrected chi connectivity index (χ0v) is 15.6. The molecular formula is C16H14ClN4O5S-. The summed E-state index contributed by atoms with van der Waals surface area (Å²) in [5.41, 5.74) is 5.77. The number of nitrogen functional groups attached to an aromatic ring is 1. The molecule has 11 heteroatoms. The van der Waals surface area contributed by atoms with Gasteiger partial charge in [0, 0.05) is 22.5 Å². The largest absolute Gasteiger partial charge is 0.545 e. The predicted octanol–water partition coefficient (Wildman–Crippen LogP) is 0.983. The number of nitrogens with two attached hydrogens (primary N) is 1. The molecule has 0 aliphatic carbocycles. The summed E-state index contributed by atoms with van der Waals surface area (Å²) in [5.74, 6) is -2.63. The van der Waals surface area contributed by atoms with Crippen LogP contribution in [-0.4, -0.2) is 40.2 Å². The van der Waals surface area contributed by atoms with Gasteiger partial charge in [0.1, 0.15) is 11.4 Å². The van der Waals surface area contributed by atoms with Crippen LogP contribution in [0.15, 0.2) is 29.6 Å². The third kappa shape index (κ3) is 5.56. The number of hydrogen-bond donors (Lipinski definition) is 2. The highest BCUT2D eigenvalue weighted by Crippen LogP contribution is 2.21. The third-order valence-electron chi connectivity index (χ3n) is 3.09. The van der Waals surface area contributed by atoms with Crippen molar-refractivity contribution in [1.82, 2.24) is 9.97 Å². The molecule has 1 aromatic carbocycles. The van der Waals surface area contributed by atoms with Gasteiger partial charge in [-0.05, 0) is 25.1 Å². The number of esters is 1. The quantitative estimate of drug-likeness (QED) is 0.387. The van der Waals surface area contributed by atoms with Gasteiger partial charge in [0.25, 0.3) is 0 Å². The molecule has 0 aliphatic rings. The van der Waals surface area contributed by atoms with Gasteiger partial charge >= 0.3 is 5.97 Å². The zero-order valence-electron chi connectivity index (χ0n) is 14.0. The second-order valence-electron chi connectivity index (χ2n) is 4.99. The van der Waals surface area contributed by atoms with Crippen LogP contribution in [0.4, 0.5) is 11.5 Å². The second kappa shape index (κ2) is 9.19. The summed E-state index contributed by atoms with van der Waals surface area (Å²) in [6.07, 6.45) is 1.23. The van der Waals surface area contributed by atoms with E-state index in [2.05, 4.69) is 15.3 Å². The first-order valence-corrected chi connectivity index (χ1v) is 8.91. The molecule has 3 N–H and O–H groups in total. The molecule has 142 valence electrons. The molecule has 0 bridgehead atoms. The van der Waals surface area contributed by atoms with E-state index in [-0.39, 0.29) is 45.2 Å². The van der Waals surface area contributed by atoms with Gasteiger partial charge < -0.3 is 25.7 Å². The van der Waals surface area contributed by atoms with Crippen LogP contribution in [0.25, 0.3) is 0 Å². The van der Waals surface area contributed by atoms with E-state index in [4.69, 9.17) is 22.1 Å². The highest BCUT2D eigenvalue weighted by atomic mass is 35.5. The third-order valence-corrected chi connectivity index (χ3v) is 4.28. The van der Waals surface area contributed by atoms with E-state index in [0.717, 1.165) is 11.8 Å². The molecule has 27 heavy (non-hydrogen) atoms. The zero-order chi connectivity index (χ0) is 20.0. The smallest absolute Gasteiger partial charge is 0.343 e. The normalized spacial score (nSPS) is 10.3. The number of halogens is 1. The lowest BCUT2D eigenvalue weighted by molar-refractivity contribution is -0.255. The monoisotopic (exact) mass is 409 g/mol. The molecule has 0 spiro atoms. The van der Waals surface area contributed by atoms with E-state index in [0.29, 0.717) is 0 Å². The lowest BCUT2D eigenvalue weighted by atomic mass is 10.2. The number of anilines is 2. The highest BCUT2D eigenvalue weighted by Gasteiger charge is 2.14. The summed E-state index contributed by atoms with van der Waals surface area (Å²) in [5, 5.41) is 13.7. The minimum Gasteiger partial charge on any atom is -0.545 e. The van der Waals surface area contributed by atoms with Crippen LogP contribution >= 0.6 is 23.4 Å². The number of amides is 1. The number of carboxylic acids is 1. The van der Waals surface area contributed by atoms with E-state index in [9.17, 15) is 19.5 Å². The Kier molecular flexibility index (Phi) is 6.97. The molecule has 0 atom stereocenters. The van der Waals surface area contributed by atoms with Crippen molar-refractivity contribution in [2.45, 2.75) is 12.1 Å². The number of thioether (sulfide) groups is 1. The number of ether oxygens (including phenoxy) is 1. The van der Waals surface area contributed by atoms with Gasteiger partial charge in [-0.2, -0.15) is 0 Å². The minimum absolute atomic E-state index is 0.00735. The molecular weight excluding hydrogens is 396 g/mol. The molecule has 1 heterocycles. The Morgan fingerprint density at radius 3 is 2.70 bits per heavy atom. The maximum absolute atomic E-state index is 12.0. The Hall–Kier alpha value is -2.85. The van der Waals surface area contributed by atoms with Crippen molar-refractivity contribution in [3.8, 4) is 0 Å². The number of hydrogen-bond acceptors (Lipinski definition) is 9. The van der Waals surface area contributed by atoms with Gasteiger partial charge in [0.2, 0.25) is 5.91 Å². The molecule has 0 saturated carbocycles. The first-order chi connectivity index (χ1) is 12.8. The molecule has 1 aromatic heterocycles. The number of carboxylic acid groups (broad SMARTS) is 1. The number of carbonyl (C=O) groups excluding carboxylic acids is 3. The van der Waals surface area contributed by atoms with Crippen molar-refractivity contribution in [2.75, 3.05) is 23.4 Å². The van der Waals surface area contributed by atoms with Crippen LogP contribution in [0.1, 0.15) is 27.6 Å². The van der Waals surface area contributed by atoms with Gasteiger partial charge in [-0.25, -0.2) is 14.8 Å². The topological polar surface area (TPSA) is 147 Å². The maximum atomic E-state index is 12.0. The first-order valence-electron chi connectivity index (χ1n) is 7.55. The summed E-state index contributed by atoms with van der Waals surface area (Å²) >= 11 is 6.73. The van der Waals surface area contributed by atoms with Crippen molar-refractivity contribution < 1.29 is 24.2 Å². The van der Waals surface area contributed by atoms with Gasteiger partial charge in [-0.15, -0.1) is 0 Å². The standard InChI is InChI=1S/C16H15ClN4O5S/c1-2-26-15(25)10-6-19-16(21-13(10)18)27-7-12(22)20-8-3-4-11(17)9(5-8)14(23)24/h3-6H,2,7H2,1H3,(H,20,22)(H,23,24)(H2,18,19,21)/p-1. The molecule has 2 rings (SSSR count). The Balaban J connectivity index is 1.98. The Bertz CT molecular complexity index is 893. The first kappa shape index (κ1) is 20.5. The van der Waals surface area contributed by atoms with Gasteiger partial charge in [0.05, 0.1) is 18.3 Å². The van der Waals surface area contributed by atoms with Gasteiger partial charge in [-0.3, -0.25) is 4.79 Å². The number of aromatic carboxylic acids is 1. The van der Waals surface area contributed by atoms with Crippen molar-refractivity contribution in [1.29, 1.82) is 0 Å². The van der Waals surface area contributed by atoms with E-state index in [1.54, 1.807) is 6.92 Å². The second-order valence-corrected chi connectivity index (χ2v) is 6.34. The fourth-order valence-corrected chi connectivity index (χ4v) is 2.72. The van der Waals surface area contributed by atoms with Gasteiger partial charge in [0.15, 0.2) is 5.16 Å². The maximum Gasteiger partial charge on any atom is 0.343 e. The average molecular weight is 410 g/mol. The SMILES string of the molecule is CCOC(=O)c1cnc(SCC(=O)Nc2ccc(Cl)c(C(=O)[O-])c2)nc1N. The van der Waals surface area contributed by atoms with Crippen molar-refractivity contribution >= 4 is 52.7 Å². The van der Waals surface area contributed by atoms with Crippen LogP contribution in [-0.2, 0) is 9.53 Å². The number of carbonyl (C=O) groups is 3. The number of nitrogens with zero attached hydrogens (tertiary/aromatic N) is 2. The Labute approximate surface area is 163 Å². The average Bonchev–Trinajstić information content (AvgIpc) is 2.61. The Morgan fingerprint density at radius 1 is 1.33 bits per heavy atom. The number of rotatable bonds is 7. The number of nitrogens with one attached hydrogen (secondary N) is 1. The van der Waals surface area contributed by atoms with E-state index in [1.165, 1.54) is 24.4 Å². The molecule has 0 aliphatic heterocycles. The summed E-state index contributed by atoms with van der Waals surface area (Å²) < 4.78 is 4.82. The lowest BCUT2D eigenvalue weighted by Gasteiger charge is -2.10. The van der Waals surface area contributed by atoms with Crippen molar-refractivity contribution in [2.24, 2.45) is 0 Å². The summed E-state index contributed by atoms with van der Waals surface area (Å²) in [7, 11) is 0. The van der Waals surface area contributed by atoms with Crippen LogP contribution in [0.5, 0.6) is 0 Å². The molecule has 0 saturated heterocycles. The number of benzene rings is 1. The lowest BCUT2D eigenvalue weighted by Crippen LogP contribution is -2.23. The molecule has 9 nitrogen and oxygen atoms in total. The molecule has 0 radical (unpaired) electrons. The highest BCUT2D eigenvalue weighted by molar-refractivity contribution is 7.99. The van der Waals surface area contributed by atoms with E-state index < -0.39 is 17.8 Å². The van der Waals surface area contributed by atoms with Gasteiger partial charge in [-0.1, -0.05) is 23.4 Å². The summed E-state index contributed by atoms with van der Waals surface area (Å²) in [4.78, 5) is 42.5. The van der Waals surface area contributed by atoms with E-state index >= 15 is 0 Å². The predicted molar refractivity (Wildman–Crippen MR) is 97.5 cm³/mol. The van der Waals surface area contributed by atoms with Crippen LogP contribution in [0.3, 0.4) is 0 Å². The summed E-state index contributed by atoms with van der Waals surface area (Å²) in [6, 6.07) is 4.00. The Morgan fingerprint density at radius 2 is 2.07 bits per heavy atom. The summed E-state index contributed by atoms with van der Waals surface area (Å²) in [6.45, 7) is 1.85. The molecule has 0 unspecified atom stereocenters. The molecule has 0 fully saturated rings. The van der Waals surface area contributed by atoms with E-state index in [1.807, 2.05) is 0 Å². The van der Waals surface area contributed by atoms with Crippen LogP contribution < -0.4 is 16.2 Å². The minimum atomic E-state index is -1.45.